The standard InChI is InChI=1S/C22H32N2O4S/c1-28-19-8-10-20(11-9-19)29(26,27)23-15-12-18(13-16-23)22(25)24-14-4-6-17-5-2-3-7-21(17)24/h8-11,17-18,21H,2-7,12-16H2,1H3. The first-order chi connectivity index (χ1) is 14.0. The molecule has 0 spiro atoms. The van der Waals surface area contributed by atoms with Gasteiger partial charge in [-0.25, -0.2) is 8.42 Å². The summed E-state index contributed by atoms with van der Waals surface area (Å²) in [7, 11) is -1.97. The van der Waals surface area contributed by atoms with Gasteiger partial charge in [-0.3, -0.25) is 4.79 Å². The number of likely N-dealkylation sites (tertiary alicyclic amines) is 1. The molecule has 0 aromatic heterocycles. The van der Waals surface area contributed by atoms with Crippen LogP contribution in [0.5, 0.6) is 5.75 Å². The monoisotopic (exact) mass is 420 g/mol. The molecule has 2 aliphatic heterocycles. The average molecular weight is 421 g/mol. The van der Waals surface area contributed by atoms with Crippen molar-refractivity contribution in [1.82, 2.24) is 9.21 Å². The lowest BCUT2D eigenvalue weighted by Crippen LogP contribution is -2.53. The summed E-state index contributed by atoms with van der Waals surface area (Å²) >= 11 is 0. The summed E-state index contributed by atoms with van der Waals surface area (Å²) in [6.07, 6.45) is 8.51. The third-order valence-electron chi connectivity index (χ3n) is 7.03. The van der Waals surface area contributed by atoms with Gasteiger partial charge < -0.3 is 9.64 Å². The minimum Gasteiger partial charge on any atom is -0.497 e. The van der Waals surface area contributed by atoms with Gasteiger partial charge in [0.1, 0.15) is 5.75 Å². The van der Waals surface area contributed by atoms with Crippen LogP contribution in [0.25, 0.3) is 0 Å². The van der Waals surface area contributed by atoms with Crippen LogP contribution in [0.1, 0.15) is 51.4 Å². The molecule has 0 N–H and O–H groups in total. The van der Waals surface area contributed by atoms with Gasteiger partial charge in [-0.2, -0.15) is 4.31 Å². The van der Waals surface area contributed by atoms with Crippen LogP contribution >= 0.6 is 0 Å². The maximum absolute atomic E-state index is 13.2. The summed E-state index contributed by atoms with van der Waals surface area (Å²) in [5, 5.41) is 0. The van der Waals surface area contributed by atoms with E-state index in [0.717, 1.165) is 19.4 Å². The van der Waals surface area contributed by atoms with Crippen molar-refractivity contribution in [3.8, 4) is 5.75 Å². The Bertz CT molecular complexity index is 814. The van der Waals surface area contributed by atoms with Gasteiger partial charge in [-0.1, -0.05) is 12.8 Å². The molecule has 7 heteroatoms. The predicted molar refractivity (Wildman–Crippen MR) is 111 cm³/mol. The van der Waals surface area contributed by atoms with Gasteiger partial charge >= 0.3 is 0 Å². The number of sulfonamides is 1. The van der Waals surface area contributed by atoms with Crippen LogP contribution in [0.2, 0.25) is 0 Å². The summed E-state index contributed by atoms with van der Waals surface area (Å²) in [4.78, 5) is 15.7. The first-order valence-corrected chi connectivity index (χ1v) is 12.4. The Hall–Kier alpha value is -1.60. The maximum atomic E-state index is 13.2. The lowest BCUT2D eigenvalue weighted by atomic mass is 9.77. The van der Waals surface area contributed by atoms with E-state index in [1.54, 1.807) is 31.4 Å². The molecule has 3 fully saturated rings. The molecule has 3 aliphatic rings. The van der Waals surface area contributed by atoms with Crippen molar-refractivity contribution in [1.29, 1.82) is 0 Å². The van der Waals surface area contributed by atoms with E-state index in [0.29, 0.717) is 43.6 Å². The van der Waals surface area contributed by atoms with Gasteiger partial charge in [0, 0.05) is 31.6 Å². The van der Waals surface area contributed by atoms with E-state index >= 15 is 0 Å². The molecule has 0 bridgehead atoms. The molecular weight excluding hydrogens is 388 g/mol. The number of benzene rings is 1. The number of amides is 1. The zero-order chi connectivity index (χ0) is 20.4. The van der Waals surface area contributed by atoms with E-state index in [2.05, 4.69) is 4.90 Å². The second kappa shape index (κ2) is 8.64. The van der Waals surface area contributed by atoms with E-state index in [-0.39, 0.29) is 16.7 Å². The van der Waals surface area contributed by atoms with E-state index in [1.807, 2.05) is 0 Å². The molecule has 2 atom stereocenters. The van der Waals surface area contributed by atoms with Crippen LogP contribution < -0.4 is 4.74 Å². The number of rotatable bonds is 4. The molecule has 1 amide bonds. The smallest absolute Gasteiger partial charge is 0.243 e. The molecule has 2 heterocycles. The van der Waals surface area contributed by atoms with Crippen molar-refractivity contribution in [2.75, 3.05) is 26.7 Å². The van der Waals surface area contributed by atoms with Crippen LogP contribution in [0.15, 0.2) is 29.2 Å². The molecule has 1 aromatic rings. The highest BCUT2D eigenvalue weighted by Crippen LogP contribution is 2.37. The van der Waals surface area contributed by atoms with E-state index in [9.17, 15) is 13.2 Å². The van der Waals surface area contributed by atoms with Gasteiger partial charge in [0.15, 0.2) is 0 Å². The highest BCUT2D eigenvalue weighted by atomic mass is 32.2. The number of nitrogens with zero attached hydrogens (tertiary/aromatic N) is 2. The van der Waals surface area contributed by atoms with Gasteiger partial charge in [0.05, 0.1) is 12.0 Å². The van der Waals surface area contributed by atoms with Gasteiger partial charge in [0.25, 0.3) is 0 Å². The molecule has 1 saturated carbocycles. The van der Waals surface area contributed by atoms with Crippen LogP contribution in [0.4, 0.5) is 0 Å². The Morgan fingerprint density at radius 3 is 2.28 bits per heavy atom. The number of carbonyl (C=O) groups excluding carboxylic acids is 1. The maximum Gasteiger partial charge on any atom is 0.243 e. The summed E-state index contributed by atoms with van der Waals surface area (Å²) in [6, 6.07) is 6.93. The van der Waals surface area contributed by atoms with Crippen molar-refractivity contribution in [3.63, 3.8) is 0 Å². The SMILES string of the molecule is COc1ccc(S(=O)(=O)N2CCC(C(=O)N3CCCC4CCCCC43)CC2)cc1. The van der Waals surface area contributed by atoms with Crippen LogP contribution in [-0.2, 0) is 14.8 Å². The molecule has 2 saturated heterocycles. The quantitative estimate of drug-likeness (QED) is 0.750. The Labute approximate surface area is 174 Å². The fourth-order valence-electron chi connectivity index (χ4n) is 5.37. The van der Waals surface area contributed by atoms with Crippen molar-refractivity contribution >= 4 is 15.9 Å². The topological polar surface area (TPSA) is 66.9 Å². The number of ether oxygens (including phenoxy) is 1. The first kappa shape index (κ1) is 20.7. The number of hydrogen-bond donors (Lipinski definition) is 0. The van der Waals surface area contributed by atoms with Crippen molar-refractivity contribution < 1.29 is 17.9 Å². The molecule has 4 rings (SSSR count). The van der Waals surface area contributed by atoms with Crippen LogP contribution in [0, 0.1) is 11.8 Å². The second-order valence-electron chi connectivity index (χ2n) is 8.64. The molecule has 160 valence electrons. The van der Waals surface area contributed by atoms with Crippen molar-refractivity contribution in [2.45, 2.75) is 62.3 Å². The van der Waals surface area contributed by atoms with Crippen molar-refractivity contribution in [3.05, 3.63) is 24.3 Å². The van der Waals surface area contributed by atoms with E-state index < -0.39 is 10.0 Å². The summed E-state index contributed by atoms with van der Waals surface area (Å²) in [5.74, 6) is 1.54. The number of piperidine rings is 2. The lowest BCUT2D eigenvalue weighted by Gasteiger charge is -2.46. The van der Waals surface area contributed by atoms with Crippen LogP contribution in [-0.4, -0.2) is 56.3 Å². The summed E-state index contributed by atoms with van der Waals surface area (Å²) in [5.41, 5.74) is 0. The average Bonchev–Trinajstić information content (AvgIpc) is 2.78. The summed E-state index contributed by atoms with van der Waals surface area (Å²) < 4.78 is 32.5. The highest BCUT2D eigenvalue weighted by Gasteiger charge is 2.39. The molecule has 2 unspecified atom stereocenters. The number of hydrogen-bond acceptors (Lipinski definition) is 4. The third kappa shape index (κ3) is 4.17. The summed E-state index contributed by atoms with van der Waals surface area (Å²) in [6.45, 7) is 1.70. The van der Waals surface area contributed by atoms with Gasteiger partial charge in [-0.05, 0) is 68.7 Å². The van der Waals surface area contributed by atoms with E-state index in [4.69, 9.17) is 4.74 Å². The highest BCUT2D eigenvalue weighted by molar-refractivity contribution is 7.89. The normalized spacial score (nSPS) is 26.7. The van der Waals surface area contributed by atoms with Crippen LogP contribution in [0.3, 0.4) is 0 Å². The minimum absolute atomic E-state index is 0.0435. The Kier molecular flexibility index (Phi) is 6.16. The third-order valence-corrected chi connectivity index (χ3v) is 8.94. The molecule has 1 aliphatic carbocycles. The number of methoxy groups -OCH3 is 1. The first-order valence-electron chi connectivity index (χ1n) is 11.0. The van der Waals surface area contributed by atoms with Gasteiger partial charge in [-0.15, -0.1) is 0 Å². The molecule has 0 radical (unpaired) electrons. The Balaban J connectivity index is 1.39. The minimum atomic E-state index is -3.53. The molecule has 6 nitrogen and oxygen atoms in total. The molecule has 29 heavy (non-hydrogen) atoms. The number of fused-ring (bicyclic) bond motifs is 1. The Morgan fingerprint density at radius 1 is 0.931 bits per heavy atom. The number of carbonyl (C=O) groups is 1. The Morgan fingerprint density at radius 2 is 1.59 bits per heavy atom. The predicted octanol–water partition coefficient (Wildman–Crippen LogP) is 3.28. The zero-order valence-corrected chi connectivity index (χ0v) is 18.1. The zero-order valence-electron chi connectivity index (χ0n) is 17.3. The fourth-order valence-corrected chi connectivity index (χ4v) is 6.84. The second-order valence-corrected chi connectivity index (χ2v) is 10.6. The van der Waals surface area contributed by atoms with E-state index in [1.165, 1.54) is 30.0 Å². The largest absolute Gasteiger partial charge is 0.497 e. The lowest BCUT2D eigenvalue weighted by molar-refractivity contribution is -0.143. The fraction of sp³-hybridized carbons (Fsp3) is 0.682. The van der Waals surface area contributed by atoms with Crippen molar-refractivity contribution in [2.24, 2.45) is 11.8 Å². The van der Waals surface area contributed by atoms with Gasteiger partial charge in [0.2, 0.25) is 15.9 Å². The molecular formula is C22H32N2O4S. The molecule has 1 aromatic carbocycles.